The van der Waals surface area contributed by atoms with Crippen LogP contribution in [0.2, 0.25) is 5.02 Å². The number of carbonyl (C=O) groups is 1. The fraction of sp³-hybridized carbons (Fsp3) is 0.348. The SMILES string of the molecule is COc1cccc(CN(CC2CCCO2)C(=O)CSc2nncn2-c2cccc(Cl)c2)c1. The van der Waals surface area contributed by atoms with Gasteiger partial charge in [-0.05, 0) is 48.7 Å². The number of aromatic nitrogens is 3. The Hall–Kier alpha value is -2.55. The predicted molar refractivity (Wildman–Crippen MR) is 124 cm³/mol. The third kappa shape index (κ3) is 5.82. The monoisotopic (exact) mass is 472 g/mol. The van der Waals surface area contributed by atoms with Gasteiger partial charge in [-0.1, -0.05) is 41.6 Å². The summed E-state index contributed by atoms with van der Waals surface area (Å²) < 4.78 is 13.0. The second kappa shape index (κ2) is 10.8. The number of nitrogens with zero attached hydrogens (tertiary/aromatic N) is 4. The van der Waals surface area contributed by atoms with Gasteiger partial charge in [-0.2, -0.15) is 0 Å². The Balaban J connectivity index is 1.46. The van der Waals surface area contributed by atoms with Crippen LogP contribution in [0, 0.1) is 0 Å². The van der Waals surface area contributed by atoms with E-state index >= 15 is 0 Å². The highest BCUT2D eigenvalue weighted by Crippen LogP contribution is 2.23. The quantitative estimate of drug-likeness (QED) is 0.434. The summed E-state index contributed by atoms with van der Waals surface area (Å²) in [6, 6.07) is 15.2. The molecule has 1 aromatic heterocycles. The number of methoxy groups -OCH3 is 1. The van der Waals surface area contributed by atoms with E-state index in [0.29, 0.717) is 23.3 Å². The Kier molecular flexibility index (Phi) is 7.68. The van der Waals surface area contributed by atoms with Gasteiger partial charge in [0.15, 0.2) is 5.16 Å². The average molecular weight is 473 g/mol. The third-order valence-electron chi connectivity index (χ3n) is 5.24. The molecule has 1 amide bonds. The van der Waals surface area contributed by atoms with E-state index < -0.39 is 0 Å². The summed E-state index contributed by atoms with van der Waals surface area (Å²) in [5.41, 5.74) is 1.87. The first-order valence-corrected chi connectivity index (χ1v) is 11.8. The molecule has 1 aliphatic heterocycles. The van der Waals surface area contributed by atoms with Crippen LogP contribution in [0.4, 0.5) is 0 Å². The lowest BCUT2D eigenvalue weighted by Gasteiger charge is -2.25. The van der Waals surface area contributed by atoms with Crippen LogP contribution in [0.3, 0.4) is 0 Å². The van der Waals surface area contributed by atoms with Crippen molar-refractivity contribution >= 4 is 29.3 Å². The van der Waals surface area contributed by atoms with Crippen LogP contribution in [-0.4, -0.2) is 57.7 Å². The van der Waals surface area contributed by atoms with Crippen LogP contribution in [0.15, 0.2) is 60.0 Å². The number of carbonyl (C=O) groups excluding carboxylic acids is 1. The minimum atomic E-state index is 0.0222. The molecule has 2 heterocycles. The van der Waals surface area contributed by atoms with Gasteiger partial charge in [0.2, 0.25) is 5.91 Å². The summed E-state index contributed by atoms with van der Waals surface area (Å²) >= 11 is 7.48. The number of hydrogen-bond acceptors (Lipinski definition) is 6. The molecular formula is C23H25ClN4O3S. The number of ether oxygens (including phenoxy) is 2. The van der Waals surface area contributed by atoms with Gasteiger partial charge in [-0.25, -0.2) is 0 Å². The van der Waals surface area contributed by atoms with Crippen molar-refractivity contribution in [3.05, 3.63) is 65.4 Å². The first-order valence-electron chi connectivity index (χ1n) is 10.4. The summed E-state index contributed by atoms with van der Waals surface area (Å²) in [5.74, 6) is 1.04. The van der Waals surface area contributed by atoms with Crippen molar-refractivity contribution in [2.24, 2.45) is 0 Å². The molecule has 9 heteroatoms. The number of thioether (sulfide) groups is 1. The lowest BCUT2D eigenvalue weighted by atomic mass is 10.1. The van der Waals surface area contributed by atoms with E-state index in [1.807, 2.05) is 58.0 Å². The van der Waals surface area contributed by atoms with Gasteiger partial charge in [0, 0.05) is 24.7 Å². The van der Waals surface area contributed by atoms with Crippen molar-refractivity contribution in [1.29, 1.82) is 0 Å². The van der Waals surface area contributed by atoms with Crippen LogP contribution in [0.1, 0.15) is 18.4 Å². The van der Waals surface area contributed by atoms with E-state index in [1.54, 1.807) is 13.4 Å². The lowest BCUT2D eigenvalue weighted by Crippen LogP contribution is -2.38. The molecule has 2 aromatic carbocycles. The highest BCUT2D eigenvalue weighted by atomic mass is 35.5. The van der Waals surface area contributed by atoms with E-state index in [-0.39, 0.29) is 17.8 Å². The Morgan fingerprint density at radius 3 is 2.97 bits per heavy atom. The van der Waals surface area contributed by atoms with Crippen LogP contribution in [0.25, 0.3) is 5.69 Å². The second-order valence-corrected chi connectivity index (χ2v) is 8.89. The van der Waals surface area contributed by atoms with Gasteiger partial charge in [0.25, 0.3) is 0 Å². The Morgan fingerprint density at radius 2 is 2.19 bits per heavy atom. The van der Waals surface area contributed by atoms with Crippen LogP contribution in [-0.2, 0) is 16.1 Å². The summed E-state index contributed by atoms with van der Waals surface area (Å²) in [4.78, 5) is 15.1. The molecule has 1 atom stereocenters. The molecule has 1 saturated heterocycles. The smallest absolute Gasteiger partial charge is 0.233 e. The van der Waals surface area contributed by atoms with E-state index in [9.17, 15) is 4.79 Å². The lowest BCUT2D eigenvalue weighted by molar-refractivity contribution is -0.130. The van der Waals surface area contributed by atoms with E-state index in [0.717, 1.165) is 36.4 Å². The predicted octanol–water partition coefficient (Wildman–Crippen LogP) is 4.23. The maximum absolute atomic E-state index is 13.2. The standard InChI is InChI=1S/C23H25ClN4O3S/c1-30-20-8-2-5-17(11-20)13-27(14-21-9-4-10-31-21)22(29)15-32-23-26-25-16-28(23)19-7-3-6-18(24)12-19/h2-3,5-8,11-12,16,21H,4,9-10,13-15H2,1H3. The van der Waals surface area contributed by atoms with Crippen molar-refractivity contribution in [2.75, 3.05) is 26.0 Å². The number of amides is 1. The molecule has 1 aliphatic rings. The van der Waals surface area contributed by atoms with Gasteiger partial charge in [0.1, 0.15) is 12.1 Å². The molecule has 0 N–H and O–H groups in total. The van der Waals surface area contributed by atoms with Gasteiger partial charge < -0.3 is 14.4 Å². The molecule has 32 heavy (non-hydrogen) atoms. The Labute approximate surface area is 196 Å². The fourth-order valence-corrected chi connectivity index (χ4v) is 4.64. The van der Waals surface area contributed by atoms with E-state index in [1.165, 1.54) is 11.8 Å². The first kappa shape index (κ1) is 22.6. The summed E-state index contributed by atoms with van der Waals surface area (Å²) in [5, 5.41) is 9.46. The largest absolute Gasteiger partial charge is 0.497 e. The van der Waals surface area contributed by atoms with E-state index in [4.69, 9.17) is 21.1 Å². The van der Waals surface area contributed by atoms with Crippen molar-refractivity contribution < 1.29 is 14.3 Å². The second-order valence-electron chi connectivity index (χ2n) is 7.51. The van der Waals surface area contributed by atoms with Gasteiger partial charge in [0.05, 0.1) is 24.7 Å². The summed E-state index contributed by atoms with van der Waals surface area (Å²) in [6.07, 6.45) is 3.70. The van der Waals surface area contributed by atoms with Crippen LogP contribution >= 0.6 is 23.4 Å². The molecule has 7 nitrogen and oxygen atoms in total. The van der Waals surface area contributed by atoms with Crippen molar-refractivity contribution in [3.63, 3.8) is 0 Å². The van der Waals surface area contributed by atoms with Crippen LogP contribution < -0.4 is 4.74 Å². The zero-order chi connectivity index (χ0) is 22.3. The van der Waals surface area contributed by atoms with Gasteiger partial charge in [-0.15, -0.1) is 10.2 Å². The zero-order valence-electron chi connectivity index (χ0n) is 17.8. The molecule has 168 valence electrons. The fourth-order valence-electron chi connectivity index (χ4n) is 3.62. The molecule has 4 rings (SSSR count). The highest BCUT2D eigenvalue weighted by molar-refractivity contribution is 7.99. The normalized spacial score (nSPS) is 15.6. The number of hydrogen-bond donors (Lipinski definition) is 0. The Bertz CT molecular complexity index is 1050. The highest BCUT2D eigenvalue weighted by Gasteiger charge is 2.23. The molecule has 0 aliphatic carbocycles. The number of benzene rings is 2. The summed E-state index contributed by atoms with van der Waals surface area (Å²) in [7, 11) is 1.64. The molecule has 0 radical (unpaired) electrons. The number of halogens is 1. The van der Waals surface area contributed by atoms with E-state index in [2.05, 4.69) is 10.2 Å². The zero-order valence-corrected chi connectivity index (χ0v) is 19.4. The average Bonchev–Trinajstić information content (AvgIpc) is 3.49. The van der Waals surface area contributed by atoms with Crippen molar-refractivity contribution in [2.45, 2.75) is 30.6 Å². The molecule has 1 fully saturated rings. The first-order chi connectivity index (χ1) is 15.6. The maximum Gasteiger partial charge on any atom is 0.233 e. The molecule has 1 unspecified atom stereocenters. The molecule has 0 spiro atoms. The van der Waals surface area contributed by atoms with Crippen LogP contribution in [0.5, 0.6) is 5.75 Å². The molecular weight excluding hydrogens is 448 g/mol. The maximum atomic E-state index is 13.2. The minimum Gasteiger partial charge on any atom is -0.497 e. The van der Waals surface area contributed by atoms with Crippen molar-refractivity contribution in [3.8, 4) is 11.4 Å². The number of rotatable bonds is 9. The summed E-state index contributed by atoms with van der Waals surface area (Å²) in [6.45, 7) is 1.82. The van der Waals surface area contributed by atoms with Gasteiger partial charge >= 0.3 is 0 Å². The Morgan fingerprint density at radius 1 is 1.31 bits per heavy atom. The minimum absolute atomic E-state index is 0.0222. The molecule has 0 bridgehead atoms. The van der Waals surface area contributed by atoms with Crippen molar-refractivity contribution in [1.82, 2.24) is 19.7 Å². The third-order valence-corrected chi connectivity index (χ3v) is 6.40. The molecule has 3 aromatic rings. The topological polar surface area (TPSA) is 69.5 Å². The molecule has 0 saturated carbocycles. The van der Waals surface area contributed by atoms with Gasteiger partial charge in [-0.3, -0.25) is 9.36 Å².